The zero-order valence-electron chi connectivity index (χ0n) is 23.5. The first kappa shape index (κ1) is 32.5. The summed E-state index contributed by atoms with van der Waals surface area (Å²) in [7, 11) is -3.57. The normalized spacial score (nSPS) is 15.5. The standard InChI is InChI=1S/C15H29O2Si2.3C4H9.Sn/c1-10-14(13(16)11-12-18(5,6)7)17-19(8,9)15(2,3)4;3*1-3-4-2;/h1,10,13-14,16H,2-9H3;3*1,3-4H2,2H3;/t13-,14+;;;;/m1..../s1. The van der Waals surface area contributed by atoms with Crippen LogP contribution in [-0.4, -0.2) is 52.1 Å². The minimum absolute atomic E-state index is 0.109. The van der Waals surface area contributed by atoms with Crippen LogP contribution in [0.5, 0.6) is 0 Å². The third-order valence-corrected chi connectivity index (χ3v) is 26.4. The van der Waals surface area contributed by atoms with E-state index in [-0.39, 0.29) is 11.1 Å². The van der Waals surface area contributed by atoms with Gasteiger partial charge in [0.1, 0.15) is 0 Å². The summed E-state index contributed by atoms with van der Waals surface area (Å²) < 4.78 is 13.7. The van der Waals surface area contributed by atoms with E-state index in [4.69, 9.17) is 4.43 Å². The van der Waals surface area contributed by atoms with Crippen LogP contribution in [0.15, 0.2) is 10.2 Å². The van der Waals surface area contributed by atoms with Gasteiger partial charge in [0, 0.05) is 0 Å². The summed E-state index contributed by atoms with van der Waals surface area (Å²) in [5.74, 6) is 3.20. The summed E-state index contributed by atoms with van der Waals surface area (Å²) in [6, 6.07) is 0. The van der Waals surface area contributed by atoms with Crippen molar-refractivity contribution in [3.63, 3.8) is 0 Å². The Morgan fingerprint density at radius 3 is 1.66 bits per heavy atom. The van der Waals surface area contributed by atoms with E-state index in [9.17, 15) is 5.11 Å². The Morgan fingerprint density at radius 1 is 0.875 bits per heavy atom. The minimum atomic E-state index is -2.44. The van der Waals surface area contributed by atoms with Crippen molar-refractivity contribution in [3.05, 3.63) is 10.2 Å². The van der Waals surface area contributed by atoms with Crippen molar-refractivity contribution in [1.29, 1.82) is 0 Å². The molecule has 32 heavy (non-hydrogen) atoms. The van der Waals surface area contributed by atoms with Crippen LogP contribution in [0.3, 0.4) is 0 Å². The molecule has 0 aliphatic rings. The molecule has 0 radical (unpaired) electrons. The van der Waals surface area contributed by atoms with E-state index < -0.39 is 40.9 Å². The molecule has 0 unspecified atom stereocenters. The van der Waals surface area contributed by atoms with Crippen LogP contribution in [0.4, 0.5) is 0 Å². The van der Waals surface area contributed by atoms with Gasteiger partial charge in [-0.2, -0.15) is 0 Å². The Kier molecular flexibility index (Phi) is 15.0. The SMILES string of the molecule is CCC[CH2][Sn](/[CH]=C/[C@H](O[Si](C)(C)C(C)(C)C)[C@H](O)C#C[Si](C)(C)C)([CH2]CCC)[CH2]CCC. The molecule has 0 aromatic carbocycles. The van der Waals surface area contributed by atoms with Gasteiger partial charge in [-0.3, -0.25) is 0 Å². The molecule has 0 rings (SSSR count). The van der Waals surface area contributed by atoms with E-state index in [0.717, 1.165) is 0 Å². The molecule has 0 aromatic heterocycles. The zero-order chi connectivity index (χ0) is 25.1. The van der Waals surface area contributed by atoms with Crippen molar-refractivity contribution in [3.8, 4) is 11.5 Å². The van der Waals surface area contributed by atoms with Crippen molar-refractivity contribution in [2.24, 2.45) is 0 Å². The number of rotatable bonds is 14. The quantitative estimate of drug-likeness (QED) is 0.163. The van der Waals surface area contributed by atoms with Gasteiger partial charge in [-0.25, -0.2) is 0 Å². The summed E-state index contributed by atoms with van der Waals surface area (Å²) in [5.41, 5.74) is 3.38. The summed E-state index contributed by atoms with van der Waals surface area (Å²) in [5, 5.41) is 11.3. The van der Waals surface area contributed by atoms with E-state index >= 15 is 0 Å². The number of aliphatic hydroxyl groups excluding tert-OH is 1. The number of hydrogen-bond acceptors (Lipinski definition) is 2. The van der Waals surface area contributed by atoms with Gasteiger partial charge < -0.3 is 0 Å². The number of unbranched alkanes of at least 4 members (excludes halogenated alkanes) is 3. The van der Waals surface area contributed by atoms with E-state index in [1.165, 1.54) is 51.8 Å². The second kappa shape index (κ2) is 14.8. The van der Waals surface area contributed by atoms with E-state index in [1.807, 2.05) is 0 Å². The van der Waals surface area contributed by atoms with Gasteiger partial charge in [0.2, 0.25) is 0 Å². The molecule has 2 atom stereocenters. The fourth-order valence-corrected chi connectivity index (χ4v) is 19.8. The fourth-order valence-electron chi connectivity index (χ4n) is 3.61. The molecule has 0 fully saturated rings. The molecule has 5 heteroatoms. The maximum atomic E-state index is 11.1. The van der Waals surface area contributed by atoms with Crippen LogP contribution in [-0.2, 0) is 4.43 Å². The summed E-state index contributed by atoms with van der Waals surface area (Å²) in [4.78, 5) is 0. The predicted molar refractivity (Wildman–Crippen MR) is 153 cm³/mol. The second-order valence-corrected chi connectivity index (χ2v) is 34.9. The van der Waals surface area contributed by atoms with Gasteiger partial charge >= 0.3 is 209 Å². The van der Waals surface area contributed by atoms with Crippen LogP contribution in [0.25, 0.3) is 0 Å². The fraction of sp³-hybridized carbons (Fsp3) is 0.852. The van der Waals surface area contributed by atoms with Gasteiger partial charge in [0.25, 0.3) is 0 Å². The van der Waals surface area contributed by atoms with Crippen molar-refractivity contribution >= 4 is 34.8 Å². The van der Waals surface area contributed by atoms with E-state index in [0.29, 0.717) is 0 Å². The Morgan fingerprint density at radius 2 is 1.31 bits per heavy atom. The Labute approximate surface area is 208 Å². The molecule has 0 aliphatic heterocycles. The third kappa shape index (κ3) is 12.8. The predicted octanol–water partition coefficient (Wildman–Crippen LogP) is 8.56. The molecule has 0 amide bonds. The van der Waals surface area contributed by atoms with Crippen molar-refractivity contribution in [2.45, 2.75) is 143 Å². The first-order valence-electron chi connectivity index (χ1n) is 13.2. The number of aliphatic hydroxyl groups is 1. The molecule has 0 aliphatic carbocycles. The van der Waals surface area contributed by atoms with Gasteiger partial charge in [-0.15, -0.1) is 0 Å². The second-order valence-electron chi connectivity index (χ2n) is 12.3. The molecule has 188 valence electrons. The Bertz CT molecular complexity index is 584. The van der Waals surface area contributed by atoms with Gasteiger partial charge in [0.05, 0.1) is 0 Å². The molecule has 0 saturated heterocycles. The van der Waals surface area contributed by atoms with Crippen LogP contribution < -0.4 is 0 Å². The van der Waals surface area contributed by atoms with Crippen LogP contribution >= 0.6 is 0 Å². The summed E-state index contributed by atoms with van der Waals surface area (Å²) in [6.07, 6.45) is 9.12. The van der Waals surface area contributed by atoms with E-state index in [2.05, 4.69) is 95.9 Å². The average Bonchev–Trinajstić information content (AvgIpc) is 2.68. The molecule has 2 nitrogen and oxygen atoms in total. The Hall–Kier alpha value is 0.452. The summed E-state index contributed by atoms with van der Waals surface area (Å²) in [6.45, 7) is 25.0. The van der Waals surface area contributed by atoms with Crippen LogP contribution in [0.2, 0.25) is 51.1 Å². The molecule has 0 heterocycles. The monoisotopic (exact) mass is 588 g/mol. The molecule has 0 bridgehead atoms. The zero-order valence-corrected chi connectivity index (χ0v) is 28.4. The molecular weight excluding hydrogens is 531 g/mol. The van der Waals surface area contributed by atoms with Crippen molar-refractivity contribution in [1.82, 2.24) is 0 Å². The van der Waals surface area contributed by atoms with E-state index in [1.54, 1.807) is 0 Å². The molecular formula is C27H56O2Si2Sn. The van der Waals surface area contributed by atoms with Crippen molar-refractivity contribution < 1.29 is 9.53 Å². The molecule has 0 spiro atoms. The third-order valence-electron chi connectivity index (χ3n) is 6.87. The topological polar surface area (TPSA) is 29.5 Å². The number of hydrogen-bond donors (Lipinski definition) is 1. The first-order chi connectivity index (χ1) is 14.6. The molecule has 0 saturated carbocycles. The summed E-state index contributed by atoms with van der Waals surface area (Å²) >= 11 is -2.44. The van der Waals surface area contributed by atoms with Crippen LogP contribution in [0, 0.1) is 11.5 Å². The van der Waals surface area contributed by atoms with Gasteiger partial charge in [-0.05, 0) is 0 Å². The first-order valence-corrected chi connectivity index (χ1v) is 27.3. The van der Waals surface area contributed by atoms with Crippen molar-refractivity contribution in [2.75, 3.05) is 0 Å². The van der Waals surface area contributed by atoms with Gasteiger partial charge in [-0.1, -0.05) is 0 Å². The molecule has 1 N–H and O–H groups in total. The Balaban J connectivity index is 6.14. The molecule has 0 aromatic rings. The van der Waals surface area contributed by atoms with Gasteiger partial charge in [0.15, 0.2) is 0 Å². The average molecular weight is 588 g/mol. The maximum absolute atomic E-state index is 11.1. The van der Waals surface area contributed by atoms with Crippen LogP contribution in [0.1, 0.15) is 80.1 Å².